The molecule has 0 heterocycles. The Kier molecular flexibility index (Phi) is 9.00. The van der Waals surface area contributed by atoms with Gasteiger partial charge < -0.3 is 15.4 Å². The molecule has 0 aliphatic carbocycles. The quantitative estimate of drug-likeness (QED) is 0.322. The van der Waals surface area contributed by atoms with E-state index in [4.69, 9.17) is 4.74 Å². The molecule has 0 radical (unpaired) electrons. The van der Waals surface area contributed by atoms with Crippen LogP contribution in [0.1, 0.15) is 59.7 Å². The zero-order valence-corrected chi connectivity index (χ0v) is 18.8. The van der Waals surface area contributed by atoms with Crippen molar-refractivity contribution in [3.63, 3.8) is 0 Å². The van der Waals surface area contributed by atoms with Crippen LogP contribution in [-0.2, 0) is 0 Å². The van der Waals surface area contributed by atoms with Gasteiger partial charge in [0.25, 0.3) is 11.8 Å². The molecule has 6 heteroatoms. The molecule has 0 atom stereocenters. The summed E-state index contributed by atoms with van der Waals surface area (Å²) in [7, 11) is 0. The third kappa shape index (κ3) is 7.75. The smallest absolute Gasteiger partial charge is 0.255 e. The van der Waals surface area contributed by atoms with E-state index in [9.17, 15) is 14.0 Å². The van der Waals surface area contributed by atoms with Crippen LogP contribution in [0.15, 0.2) is 72.8 Å². The molecule has 2 amide bonds. The Bertz CT molecular complexity index is 1050. The average Bonchev–Trinajstić information content (AvgIpc) is 2.83. The second-order valence-electron chi connectivity index (χ2n) is 7.78. The van der Waals surface area contributed by atoms with Crippen LogP contribution in [0.25, 0.3) is 0 Å². The first-order chi connectivity index (χ1) is 16.0. The van der Waals surface area contributed by atoms with Gasteiger partial charge in [0.1, 0.15) is 11.6 Å². The van der Waals surface area contributed by atoms with Crippen molar-refractivity contribution in [3.8, 4) is 5.75 Å². The van der Waals surface area contributed by atoms with Crippen LogP contribution >= 0.6 is 0 Å². The molecule has 0 spiro atoms. The fraction of sp³-hybridized carbons (Fsp3) is 0.259. The van der Waals surface area contributed by atoms with Gasteiger partial charge in [-0.1, -0.05) is 38.7 Å². The Morgan fingerprint density at radius 2 is 1.42 bits per heavy atom. The highest BCUT2D eigenvalue weighted by Gasteiger charge is 2.10. The number of nitrogens with one attached hydrogen (secondary N) is 2. The predicted molar refractivity (Wildman–Crippen MR) is 129 cm³/mol. The summed E-state index contributed by atoms with van der Waals surface area (Å²) in [6.45, 7) is 2.86. The van der Waals surface area contributed by atoms with Gasteiger partial charge in [0.05, 0.1) is 6.61 Å². The molecule has 5 nitrogen and oxygen atoms in total. The summed E-state index contributed by atoms with van der Waals surface area (Å²) in [5.74, 6) is -0.271. The Morgan fingerprint density at radius 3 is 2.15 bits per heavy atom. The van der Waals surface area contributed by atoms with Crippen LogP contribution in [-0.4, -0.2) is 18.4 Å². The first-order valence-corrected chi connectivity index (χ1v) is 11.3. The van der Waals surface area contributed by atoms with Gasteiger partial charge in [0.15, 0.2) is 0 Å². The molecular formula is C27H29FN2O3. The van der Waals surface area contributed by atoms with Gasteiger partial charge in [0, 0.05) is 22.5 Å². The number of rotatable bonds is 11. The highest BCUT2D eigenvalue weighted by molar-refractivity contribution is 6.07. The number of hydrogen-bond acceptors (Lipinski definition) is 3. The monoisotopic (exact) mass is 448 g/mol. The lowest BCUT2D eigenvalue weighted by Crippen LogP contribution is -2.14. The molecule has 3 rings (SSSR count). The van der Waals surface area contributed by atoms with Crippen LogP contribution in [0, 0.1) is 5.82 Å². The number of benzene rings is 3. The van der Waals surface area contributed by atoms with E-state index in [1.54, 1.807) is 48.5 Å². The number of unbranched alkanes of at least 4 members (excludes halogenated alkanes) is 4. The molecule has 0 bridgehead atoms. The fourth-order valence-electron chi connectivity index (χ4n) is 3.28. The van der Waals surface area contributed by atoms with Gasteiger partial charge in [-0.25, -0.2) is 4.39 Å². The van der Waals surface area contributed by atoms with E-state index in [1.807, 2.05) is 0 Å². The fourth-order valence-corrected chi connectivity index (χ4v) is 3.28. The van der Waals surface area contributed by atoms with Crippen molar-refractivity contribution >= 4 is 23.2 Å². The zero-order valence-electron chi connectivity index (χ0n) is 18.8. The minimum atomic E-state index is -0.375. The Hall–Kier alpha value is -3.67. The topological polar surface area (TPSA) is 67.4 Å². The molecule has 0 saturated carbocycles. The van der Waals surface area contributed by atoms with Crippen LogP contribution in [0.2, 0.25) is 0 Å². The maximum atomic E-state index is 13.0. The minimum Gasteiger partial charge on any atom is -0.494 e. The van der Waals surface area contributed by atoms with Gasteiger partial charge in [0.2, 0.25) is 0 Å². The second kappa shape index (κ2) is 12.4. The maximum Gasteiger partial charge on any atom is 0.255 e. The molecule has 172 valence electrons. The van der Waals surface area contributed by atoms with E-state index in [0.29, 0.717) is 29.1 Å². The van der Waals surface area contributed by atoms with Crippen molar-refractivity contribution in [2.45, 2.75) is 39.0 Å². The Balaban J connectivity index is 1.52. The van der Waals surface area contributed by atoms with Crippen molar-refractivity contribution in [3.05, 3.63) is 89.7 Å². The van der Waals surface area contributed by atoms with E-state index >= 15 is 0 Å². The minimum absolute atomic E-state index is 0.280. The molecule has 0 unspecified atom stereocenters. The third-order valence-electron chi connectivity index (χ3n) is 5.12. The van der Waals surface area contributed by atoms with Gasteiger partial charge in [-0.2, -0.15) is 0 Å². The highest BCUT2D eigenvalue weighted by Crippen LogP contribution is 2.17. The number of ether oxygens (including phenoxy) is 1. The van der Waals surface area contributed by atoms with Crippen molar-refractivity contribution < 1.29 is 18.7 Å². The summed E-state index contributed by atoms with van der Waals surface area (Å²) in [6, 6.07) is 19.1. The molecule has 3 aromatic carbocycles. The van der Waals surface area contributed by atoms with E-state index in [2.05, 4.69) is 17.6 Å². The van der Waals surface area contributed by atoms with Crippen molar-refractivity contribution in [1.29, 1.82) is 0 Å². The molecule has 33 heavy (non-hydrogen) atoms. The Labute approximate surface area is 194 Å². The summed E-state index contributed by atoms with van der Waals surface area (Å²) in [5, 5.41) is 5.51. The van der Waals surface area contributed by atoms with Crippen molar-refractivity contribution in [1.82, 2.24) is 0 Å². The lowest BCUT2D eigenvalue weighted by atomic mass is 10.1. The molecule has 0 fully saturated rings. The van der Waals surface area contributed by atoms with E-state index in [-0.39, 0.29) is 17.6 Å². The normalized spacial score (nSPS) is 10.5. The molecule has 0 aromatic heterocycles. The summed E-state index contributed by atoms with van der Waals surface area (Å²) < 4.78 is 18.8. The molecular weight excluding hydrogens is 419 g/mol. The number of hydrogen-bond donors (Lipinski definition) is 2. The zero-order chi connectivity index (χ0) is 23.5. The molecule has 2 N–H and O–H groups in total. The molecule has 0 saturated heterocycles. The van der Waals surface area contributed by atoms with E-state index in [0.717, 1.165) is 18.6 Å². The van der Waals surface area contributed by atoms with Gasteiger partial charge in [-0.05, 0) is 73.2 Å². The van der Waals surface area contributed by atoms with Crippen molar-refractivity contribution in [2.75, 3.05) is 17.2 Å². The first-order valence-electron chi connectivity index (χ1n) is 11.3. The largest absolute Gasteiger partial charge is 0.494 e. The second-order valence-corrected chi connectivity index (χ2v) is 7.78. The number of amides is 2. The summed E-state index contributed by atoms with van der Waals surface area (Å²) in [5.41, 5.74) is 1.85. The van der Waals surface area contributed by atoms with E-state index in [1.165, 1.54) is 43.5 Å². The predicted octanol–water partition coefficient (Wildman–Crippen LogP) is 6.68. The molecule has 0 aliphatic rings. The van der Waals surface area contributed by atoms with Gasteiger partial charge in [-0.3, -0.25) is 9.59 Å². The van der Waals surface area contributed by atoms with Crippen LogP contribution in [0.3, 0.4) is 0 Å². The lowest BCUT2D eigenvalue weighted by molar-refractivity contribution is 0.101. The van der Waals surface area contributed by atoms with Gasteiger partial charge >= 0.3 is 0 Å². The number of halogens is 1. The summed E-state index contributed by atoms with van der Waals surface area (Å²) in [6.07, 6.45) is 5.89. The van der Waals surface area contributed by atoms with Gasteiger partial charge in [-0.15, -0.1) is 0 Å². The summed E-state index contributed by atoms with van der Waals surface area (Å²) in [4.78, 5) is 25.1. The lowest BCUT2D eigenvalue weighted by Gasteiger charge is -2.10. The average molecular weight is 449 g/mol. The highest BCUT2D eigenvalue weighted by atomic mass is 19.1. The standard InChI is InChI=1S/C27H29FN2O3/c1-2-3-4-5-6-18-33-25-16-10-20(11-17-25)26(31)30-24-9-7-8-21(19-24)27(32)29-23-14-12-22(28)13-15-23/h7-17,19H,2-6,18H2,1H3,(H,29,32)(H,30,31). The van der Waals surface area contributed by atoms with Crippen molar-refractivity contribution in [2.24, 2.45) is 0 Å². The van der Waals surface area contributed by atoms with Crippen LogP contribution in [0.4, 0.5) is 15.8 Å². The third-order valence-corrected chi connectivity index (χ3v) is 5.12. The SMILES string of the molecule is CCCCCCCOc1ccc(C(=O)Nc2cccc(C(=O)Nc3ccc(F)cc3)c2)cc1. The first kappa shape index (κ1) is 24.0. The van der Waals surface area contributed by atoms with Crippen LogP contribution in [0.5, 0.6) is 5.75 Å². The number of carbonyl (C=O) groups is 2. The van der Waals surface area contributed by atoms with Crippen LogP contribution < -0.4 is 15.4 Å². The number of carbonyl (C=O) groups excluding carboxylic acids is 2. The Morgan fingerprint density at radius 1 is 0.758 bits per heavy atom. The maximum absolute atomic E-state index is 13.0. The summed E-state index contributed by atoms with van der Waals surface area (Å²) >= 11 is 0. The number of anilines is 2. The van der Waals surface area contributed by atoms with E-state index < -0.39 is 0 Å². The molecule has 0 aliphatic heterocycles. The molecule has 3 aromatic rings.